The molecule has 0 radical (unpaired) electrons. The number of ether oxygens (including phenoxy) is 2. The predicted octanol–water partition coefficient (Wildman–Crippen LogP) is 3.69. The Kier molecular flexibility index (Phi) is 8.56. The van der Waals surface area contributed by atoms with E-state index in [0.717, 1.165) is 28.0 Å². The normalized spacial score (nSPS) is 11.9. The van der Waals surface area contributed by atoms with Crippen molar-refractivity contribution < 1.29 is 17.9 Å². The van der Waals surface area contributed by atoms with E-state index in [0.29, 0.717) is 37.3 Å². The zero-order valence-electron chi connectivity index (χ0n) is 19.5. The third kappa shape index (κ3) is 6.70. The Morgan fingerprint density at radius 1 is 0.886 bits per heavy atom. The second kappa shape index (κ2) is 11.8. The van der Waals surface area contributed by atoms with Gasteiger partial charge in [0.1, 0.15) is 11.3 Å². The number of aromatic amines is 1. The zero-order valence-corrected chi connectivity index (χ0v) is 21.1. The van der Waals surface area contributed by atoms with E-state index in [4.69, 9.17) is 15.2 Å². The van der Waals surface area contributed by atoms with E-state index in [2.05, 4.69) is 29.2 Å². The summed E-state index contributed by atoms with van der Waals surface area (Å²) < 4.78 is 37.0. The minimum absolute atomic E-state index is 0.0155. The molecule has 1 aromatic heterocycles. The topological polar surface area (TPSA) is 111 Å². The van der Waals surface area contributed by atoms with Crippen molar-refractivity contribution in [3.05, 3.63) is 75.4 Å². The molecule has 0 fully saturated rings. The molecule has 35 heavy (non-hydrogen) atoms. The van der Waals surface area contributed by atoms with Gasteiger partial charge in [0.25, 0.3) is 0 Å². The molecule has 4 aromatic rings. The number of hydrogen-bond donors (Lipinski definition) is 2. The van der Waals surface area contributed by atoms with Crippen LogP contribution in [-0.4, -0.2) is 51.3 Å². The third-order valence-corrected chi connectivity index (χ3v) is 8.49. The molecule has 0 aliphatic carbocycles. The van der Waals surface area contributed by atoms with E-state index in [9.17, 15) is 13.2 Å². The number of thiazole rings is 1. The molecule has 7 nitrogen and oxygen atoms in total. The van der Waals surface area contributed by atoms with Gasteiger partial charge in [0.05, 0.1) is 36.0 Å². The van der Waals surface area contributed by atoms with Crippen LogP contribution in [0.2, 0.25) is 0 Å². The first-order valence-corrected chi connectivity index (χ1v) is 14.3. The fourth-order valence-electron chi connectivity index (χ4n) is 4.08. The first-order valence-electron chi connectivity index (χ1n) is 11.7. The van der Waals surface area contributed by atoms with Gasteiger partial charge in [0.2, 0.25) is 0 Å². The molecule has 0 unspecified atom stereocenters. The Morgan fingerprint density at radius 3 is 2.57 bits per heavy atom. The van der Waals surface area contributed by atoms with Crippen molar-refractivity contribution in [2.45, 2.75) is 19.3 Å². The fourth-order valence-corrected chi connectivity index (χ4v) is 6.11. The first kappa shape index (κ1) is 25.4. The summed E-state index contributed by atoms with van der Waals surface area (Å²) in [7, 11) is -3.24. The minimum atomic E-state index is -3.24. The van der Waals surface area contributed by atoms with Crippen LogP contribution in [0.4, 0.5) is 0 Å². The smallest absolute Gasteiger partial charge is 0.305 e. The average molecular weight is 515 g/mol. The highest BCUT2D eigenvalue weighted by Gasteiger charge is 2.13. The summed E-state index contributed by atoms with van der Waals surface area (Å²) in [5, 5.41) is 2.39. The monoisotopic (exact) mass is 514 g/mol. The van der Waals surface area contributed by atoms with Crippen molar-refractivity contribution in [1.82, 2.24) is 4.98 Å². The second-order valence-electron chi connectivity index (χ2n) is 8.33. The van der Waals surface area contributed by atoms with Gasteiger partial charge in [-0.25, -0.2) is 8.42 Å². The van der Waals surface area contributed by atoms with Gasteiger partial charge in [-0.2, -0.15) is 0 Å². The first-order chi connectivity index (χ1) is 17.0. The lowest BCUT2D eigenvalue weighted by Gasteiger charge is -2.10. The van der Waals surface area contributed by atoms with Gasteiger partial charge in [-0.05, 0) is 53.8 Å². The van der Waals surface area contributed by atoms with Gasteiger partial charge in [-0.15, -0.1) is 0 Å². The minimum Gasteiger partial charge on any atom is -0.491 e. The largest absolute Gasteiger partial charge is 0.491 e. The molecule has 0 atom stereocenters. The van der Waals surface area contributed by atoms with Crippen molar-refractivity contribution in [2.75, 3.05) is 37.9 Å². The van der Waals surface area contributed by atoms with Gasteiger partial charge < -0.3 is 20.2 Å². The van der Waals surface area contributed by atoms with Crippen LogP contribution in [0.1, 0.15) is 17.5 Å². The number of benzene rings is 3. The van der Waals surface area contributed by atoms with Gasteiger partial charge in [0.15, 0.2) is 9.84 Å². The zero-order chi connectivity index (χ0) is 24.7. The number of nitrogens with one attached hydrogen (secondary N) is 1. The lowest BCUT2D eigenvalue weighted by molar-refractivity contribution is 0.152. The van der Waals surface area contributed by atoms with Crippen molar-refractivity contribution in [3.63, 3.8) is 0 Å². The Bertz CT molecular complexity index is 1440. The lowest BCUT2D eigenvalue weighted by Crippen LogP contribution is -2.18. The highest BCUT2D eigenvalue weighted by atomic mass is 32.2. The molecule has 0 spiro atoms. The Labute approximate surface area is 208 Å². The number of rotatable bonds is 13. The highest BCUT2D eigenvalue weighted by molar-refractivity contribution is 7.91. The van der Waals surface area contributed by atoms with E-state index < -0.39 is 9.84 Å². The molecular formula is C26H30N2O5S2. The van der Waals surface area contributed by atoms with Crippen LogP contribution < -0.4 is 15.3 Å². The molecular weight excluding hydrogens is 484 g/mol. The van der Waals surface area contributed by atoms with Crippen LogP contribution in [0.3, 0.4) is 0 Å². The molecule has 186 valence electrons. The number of aromatic nitrogens is 1. The Balaban J connectivity index is 1.20. The summed E-state index contributed by atoms with van der Waals surface area (Å²) in [5.74, 6) is 0.556. The van der Waals surface area contributed by atoms with Crippen molar-refractivity contribution in [3.8, 4) is 5.75 Å². The van der Waals surface area contributed by atoms with E-state index in [1.165, 1.54) is 16.3 Å². The maximum atomic E-state index is 12.4. The summed E-state index contributed by atoms with van der Waals surface area (Å²) in [6.07, 6.45) is 1.77. The highest BCUT2D eigenvalue weighted by Crippen LogP contribution is 2.29. The van der Waals surface area contributed by atoms with Gasteiger partial charge in [0, 0.05) is 0 Å². The van der Waals surface area contributed by atoms with Gasteiger partial charge in [-0.1, -0.05) is 59.9 Å². The van der Waals surface area contributed by atoms with Crippen LogP contribution >= 0.6 is 11.3 Å². The van der Waals surface area contributed by atoms with Crippen LogP contribution in [0.5, 0.6) is 5.75 Å². The second-order valence-corrected chi connectivity index (χ2v) is 11.6. The van der Waals surface area contributed by atoms with Crippen molar-refractivity contribution in [1.29, 1.82) is 0 Å². The maximum absolute atomic E-state index is 12.4. The van der Waals surface area contributed by atoms with Crippen LogP contribution in [0, 0.1) is 0 Å². The van der Waals surface area contributed by atoms with Gasteiger partial charge >= 0.3 is 4.87 Å². The molecule has 0 aliphatic heterocycles. The van der Waals surface area contributed by atoms with Crippen LogP contribution in [-0.2, 0) is 27.4 Å². The quantitative estimate of drug-likeness (QED) is 0.263. The summed E-state index contributed by atoms with van der Waals surface area (Å²) in [4.78, 5) is 14.5. The summed E-state index contributed by atoms with van der Waals surface area (Å²) >= 11 is 1.13. The summed E-state index contributed by atoms with van der Waals surface area (Å²) in [6.45, 7) is 1.38. The number of hydrogen-bond acceptors (Lipinski definition) is 7. The number of sulfone groups is 1. The molecule has 0 amide bonds. The summed E-state index contributed by atoms with van der Waals surface area (Å²) in [5.41, 5.74) is 8.50. The fraction of sp³-hybridized carbons (Fsp3) is 0.346. The number of nitrogens with two attached hydrogens (primary N) is 1. The molecule has 9 heteroatoms. The average Bonchev–Trinajstić information content (AvgIpc) is 3.25. The maximum Gasteiger partial charge on any atom is 0.305 e. The van der Waals surface area contributed by atoms with Crippen LogP contribution in [0.15, 0.2) is 59.4 Å². The summed E-state index contributed by atoms with van der Waals surface area (Å²) in [6, 6.07) is 18.1. The van der Waals surface area contributed by atoms with Crippen molar-refractivity contribution >= 4 is 42.2 Å². The molecule has 0 bridgehead atoms. The molecule has 3 N–H and O–H groups in total. The molecule has 1 heterocycles. The van der Waals surface area contributed by atoms with Crippen molar-refractivity contribution in [2.24, 2.45) is 5.73 Å². The number of H-pyrrole nitrogens is 1. The van der Waals surface area contributed by atoms with E-state index >= 15 is 0 Å². The lowest BCUT2D eigenvalue weighted by atomic mass is 10.0. The van der Waals surface area contributed by atoms with E-state index in [1.807, 2.05) is 24.3 Å². The van der Waals surface area contributed by atoms with Crippen LogP contribution in [0.25, 0.3) is 21.0 Å². The predicted molar refractivity (Wildman–Crippen MR) is 142 cm³/mol. The van der Waals surface area contributed by atoms with E-state index in [-0.39, 0.29) is 29.6 Å². The SMILES string of the molecule is NCCc1ccc(OCCCS(=O)(=O)CCOCCc2cccc3ccccc23)c2[nH]c(=O)sc12. The molecule has 0 aliphatic rings. The molecule has 3 aromatic carbocycles. The Morgan fingerprint density at radius 2 is 1.71 bits per heavy atom. The molecule has 0 saturated heterocycles. The molecule has 4 rings (SSSR count). The standard InChI is InChI=1S/C26H30N2O5S2/c27-13-11-21-9-10-23(24-25(21)34-26(29)28-24)33-14-4-17-35(30,31)18-16-32-15-12-20-7-3-6-19-5-1-2-8-22(19)20/h1-3,5-10H,4,11-18,27H2,(H,28,29). The van der Waals surface area contributed by atoms with Gasteiger partial charge in [-0.3, -0.25) is 4.79 Å². The van der Waals surface area contributed by atoms with E-state index in [1.54, 1.807) is 6.07 Å². The number of fused-ring (bicyclic) bond motifs is 2. The Hall–Kier alpha value is -2.72. The third-order valence-electron chi connectivity index (χ3n) is 5.83. The molecule has 0 saturated carbocycles.